The minimum atomic E-state index is -0.198. The number of rotatable bonds is 4. The van der Waals surface area contributed by atoms with Crippen LogP contribution in [0, 0.1) is 6.92 Å². The van der Waals surface area contributed by atoms with Gasteiger partial charge in [0.15, 0.2) is 5.76 Å². The fourth-order valence-electron chi connectivity index (χ4n) is 4.20. The summed E-state index contributed by atoms with van der Waals surface area (Å²) in [7, 11) is 0. The quantitative estimate of drug-likeness (QED) is 0.323. The van der Waals surface area contributed by atoms with E-state index >= 15 is 0 Å². The molecule has 0 saturated heterocycles. The van der Waals surface area contributed by atoms with Crippen LogP contribution >= 0.6 is 46.4 Å². The maximum atomic E-state index is 13.2. The van der Waals surface area contributed by atoms with Crippen LogP contribution in [0.5, 0.6) is 11.5 Å². The van der Waals surface area contributed by atoms with E-state index in [1.807, 2.05) is 25.1 Å². The van der Waals surface area contributed by atoms with Crippen molar-refractivity contribution in [3.8, 4) is 11.5 Å². The molecule has 0 bridgehead atoms. The molecule has 2 aliphatic rings. The predicted octanol–water partition coefficient (Wildman–Crippen LogP) is 7.62. The molecule has 0 atom stereocenters. The third-order valence-electron chi connectivity index (χ3n) is 5.98. The largest absolute Gasteiger partial charge is 0.478 e. The van der Waals surface area contributed by atoms with E-state index in [2.05, 4.69) is 4.90 Å². The molecule has 174 valence electrons. The number of Topliss-reactive ketones (excluding diaryl/α,β-unsaturated/α-hetero) is 1. The van der Waals surface area contributed by atoms with Gasteiger partial charge in [-0.25, -0.2) is 0 Å². The number of carbonyl (C=O) groups is 1. The van der Waals surface area contributed by atoms with Crippen LogP contribution in [0.1, 0.15) is 32.6 Å². The summed E-state index contributed by atoms with van der Waals surface area (Å²) in [6, 6.07) is 12.6. The van der Waals surface area contributed by atoms with Gasteiger partial charge in [0.1, 0.15) is 18.2 Å². The van der Waals surface area contributed by atoms with Crippen molar-refractivity contribution >= 4 is 58.3 Å². The summed E-state index contributed by atoms with van der Waals surface area (Å²) in [6.45, 7) is 3.61. The zero-order chi connectivity index (χ0) is 24.0. The minimum Gasteiger partial charge on any atom is -0.478 e. The molecule has 0 unspecified atom stereocenters. The Bertz CT molecular complexity index is 1330. The Kier molecular flexibility index (Phi) is 6.54. The van der Waals surface area contributed by atoms with Crippen LogP contribution in [-0.2, 0) is 13.0 Å². The van der Waals surface area contributed by atoms with E-state index in [1.54, 1.807) is 30.3 Å². The molecule has 34 heavy (non-hydrogen) atoms. The summed E-state index contributed by atoms with van der Waals surface area (Å²) in [5.74, 6) is 1.24. The minimum absolute atomic E-state index is 0.187. The summed E-state index contributed by atoms with van der Waals surface area (Å²) >= 11 is 24.9. The Balaban J connectivity index is 1.42. The van der Waals surface area contributed by atoms with Crippen molar-refractivity contribution in [1.29, 1.82) is 0 Å². The number of nitrogens with zero attached hydrogens (tertiary/aromatic N) is 1. The molecule has 0 aromatic heterocycles. The smallest absolute Gasteiger partial charge is 0.232 e. The van der Waals surface area contributed by atoms with Crippen LogP contribution in [0.15, 0.2) is 48.2 Å². The van der Waals surface area contributed by atoms with Crippen LogP contribution in [0.2, 0.25) is 20.1 Å². The van der Waals surface area contributed by atoms with Crippen LogP contribution < -0.4 is 9.47 Å². The summed E-state index contributed by atoms with van der Waals surface area (Å²) in [4.78, 5) is 15.4. The number of carbonyl (C=O) groups excluding carboxylic acids is 1. The average molecular weight is 535 g/mol. The molecule has 0 radical (unpaired) electrons. The van der Waals surface area contributed by atoms with Gasteiger partial charge in [0.05, 0.1) is 11.1 Å². The van der Waals surface area contributed by atoms with Gasteiger partial charge in [0, 0.05) is 38.7 Å². The predicted molar refractivity (Wildman–Crippen MR) is 137 cm³/mol. The van der Waals surface area contributed by atoms with Gasteiger partial charge in [-0.2, -0.15) is 0 Å². The van der Waals surface area contributed by atoms with E-state index in [0.717, 1.165) is 35.4 Å². The molecule has 8 heteroatoms. The van der Waals surface area contributed by atoms with Gasteiger partial charge in [0.2, 0.25) is 5.78 Å². The van der Waals surface area contributed by atoms with Crippen LogP contribution in [0.3, 0.4) is 0 Å². The number of ether oxygens (including phenoxy) is 2. The fourth-order valence-corrected chi connectivity index (χ4v) is 5.21. The molecule has 3 aromatic carbocycles. The van der Waals surface area contributed by atoms with E-state index in [1.165, 1.54) is 0 Å². The van der Waals surface area contributed by atoms with Gasteiger partial charge in [-0.15, -0.1) is 0 Å². The lowest BCUT2D eigenvalue weighted by atomic mass is 9.98. The first kappa shape index (κ1) is 23.5. The highest BCUT2D eigenvalue weighted by atomic mass is 35.5. The molecule has 3 aromatic rings. The second-order valence-corrected chi connectivity index (χ2v) is 9.92. The van der Waals surface area contributed by atoms with Crippen LogP contribution in [-0.4, -0.2) is 24.0 Å². The Morgan fingerprint density at radius 3 is 2.53 bits per heavy atom. The summed E-state index contributed by atoms with van der Waals surface area (Å²) < 4.78 is 12.1. The van der Waals surface area contributed by atoms with Gasteiger partial charge in [0.25, 0.3) is 0 Å². The van der Waals surface area contributed by atoms with E-state index in [9.17, 15) is 4.79 Å². The second-order valence-electron chi connectivity index (χ2n) is 8.26. The Labute approximate surface area is 217 Å². The normalized spacial score (nSPS) is 16.3. The molecule has 0 saturated carbocycles. The molecule has 0 N–H and O–H groups in total. The monoisotopic (exact) mass is 533 g/mol. The summed E-state index contributed by atoms with van der Waals surface area (Å²) in [6.07, 6.45) is 2.33. The average Bonchev–Trinajstić information content (AvgIpc) is 3.13. The summed E-state index contributed by atoms with van der Waals surface area (Å²) in [5, 5.41) is 2.14. The third kappa shape index (κ3) is 4.41. The Hall–Kier alpha value is -2.21. The number of benzene rings is 3. The maximum absolute atomic E-state index is 13.2. The highest BCUT2D eigenvalue weighted by molar-refractivity contribution is 6.37. The van der Waals surface area contributed by atoms with Crippen molar-refractivity contribution in [2.24, 2.45) is 0 Å². The van der Waals surface area contributed by atoms with E-state index < -0.39 is 0 Å². The summed E-state index contributed by atoms with van der Waals surface area (Å²) in [5.41, 5.74) is 3.75. The van der Waals surface area contributed by atoms with Gasteiger partial charge >= 0.3 is 0 Å². The zero-order valence-electron chi connectivity index (χ0n) is 18.1. The molecule has 0 aliphatic carbocycles. The number of ketones is 1. The highest BCUT2D eigenvalue weighted by Crippen LogP contribution is 2.44. The SMILES string of the molecule is Cc1cc2c(c3c1C(=O)/C(=C\c1c(Cl)cccc1Cl)O3)CN(CCc1ccc(Cl)cc1Cl)CO2. The zero-order valence-corrected chi connectivity index (χ0v) is 21.2. The van der Waals surface area contributed by atoms with Crippen molar-refractivity contribution in [2.45, 2.75) is 19.9 Å². The van der Waals surface area contributed by atoms with Crippen molar-refractivity contribution in [1.82, 2.24) is 4.90 Å². The fraction of sp³-hybridized carbons (Fsp3) is 0.192. The van der Waals surface area contributed by atoms with Crippen molar-refractivity contribution in [2.75, 3.05) is 13.3 Å². The van der Waals surface area contributed by atoms with Crippen LogP contribution in [0.25, 0.3) is 6.08 Å². The molecular formula is C26H19Cl4NO3. The van der Waals surface area contributed by atoms with E-state index in [4.69, 9.17) is 55.9 Å². The number of halogens is 4. The lowest BCUT2D eigenvalue weighted by molar-refractivity contribution is 0.0949. The molecule has 0 fully saturated rings. The molecule has 0 amide bonds. The third-order valence-corrected chi connectivity index (χ3v) is 7.22. The van der Waals surface area contributed by atoms with Crippen LogP contribution in [0.4, 0.5) is 0 Å². The first-order valence-corrected chi connectivity index (χ1v) is 12.2. The van der Waals surface area contributed by atoms with E-state index in [0.29, 0.717) is 50.2 Å². The van der Waals surface area contributed by atoms with Crippen molar-refractivity contribution < 1.29 is 14.3 Å². The molecule has 0 spiro atoms. The molecule has 2 heterocycles. The number of hydrogen-bond acceptors (Lipinski definition) is 4. The van der Waals surface area contributed by atoms with E-state index in [-0.39, 0.29) is 11.5 Å². The van der Waals surface area contributed by atoms with Crippen molar-refractivity contribution in [3.05, 3.63) is 96.1 Å². The van der Waals surface area contributed by atoms with Crippen molar-refractivity contribution in [3.63, 3.8) is 0 Å². The standard InChI is InChI=1S/C26H19Cl4NO3/c1-14-9-22-18(12-31(13-33-22)8-7-15-5-6-16(27)10-21(15)30)26-24(14)25(32)23(34-26)11-17-19(28)3-2-4-20(17)29/h2-6,9-11H,7-8,12-13H2,1H3/b23-11+. The van der Waals surface area contributed by atoms with Gasteiger partial charge in [-0.1, -0.05) is 58.5 Å². The number of fused-ring (bicyclic) bond motifs is 3. The number of aryl methyl sites for hydroxylation is 1. The lowest BCUT2D eigenvalue weighted by Crippen LogP contribution is -2.34. The van der Waals surface area contributed by atoms with Gasteiger partial charge in [-0.05, 0) is 60.9 Å². The highest BCUT2D eigenvalue weighted by Gasteiger charge is 2.35. The number of allylic oxidation sites excluding steroid dienone is 1. The maximum Gasteiger partial charge on any atom is 0.232 e. The second kappa shape index (κ2) is 9.44. The lowest BCUT2D eigenvalue weighted by Gasteiger charge is -2.30. The van der Waals surface area contributed by atoms with Gasteiger partial charge < -0.3 is 9.47 Å². The molecule has 4 nitrogen and oxygen atoms in total. The topological polar surface area (TPSA) is 38.8 Å². The first-order valence-electron chi connectivity index (χ1n) is 10.7. The molecule has 2 aliphatic heterocycles. The Morgan fingerprint density at radius 1 is 1.03 bits per heavy atom. The van der Waals surface area contributed by atoms with Gasteiger partial charge in [-0.3, -0.25) is 9.69 Å². The number of hydrogen-bond donors (Lipinski definition) is 0. The molecular weight excluding hydrogens is 516 g/mol. The Morgan fingerprint density at radius 2 is 1.79 bits per heavy atom. The first-order chi connectivity index (χ1) is 16.3. The molecule has 5 rings (SSSR count).